The summed E-state index contributed by atoms with van der Waals surface area (Å²) in [5.74, 6) is 1.03. The van der Waals surface area contributed by atoms with Crippen LogP contribution in [0.3, 0.4) is 0 Å². The second kappa shape index (κ2) is 6.97. The van der Waals surface area contributed by atoms with Crippen molar-refractivity contribution in [2.75, 3.05) is 33.0 Å². The Balaban J connectivity index is 1.99. The molecule has 0 unspecified atom stereocenters. The van der Waals surface area contributed by atoms with Gasteiger partial charge in [-0.15, -0.1) is 6.58 Å². The van der Waals surface area contributed by atoms with Crippen LogP contribution >= 0.6 is 0 Å². The maximum Gasteiger partial charge on any atom is 0.278 e. The Labute approximate surface area is 135 Å². The number of piperazine rings is 1. The third-order valence-electron chi connectivity index (χ3n) is 4.31. The summed E-state index contributed by atoms with van der Waals surface area (Å²) in [6.07, 6.45) is 3.46. The van der Waals surface area contributed by atoms with Crippen LogP contribution in [0.5, 0.6) is 11.5 Å². The molecule has 0 amide bonds. The predicted octanol–water partition coefficient (Wildman–Crippen LogP) is 2.24. The fraction of sp³-hybridized carbons (Fsp3) is 0.500. The van der Waals surface area contributed by atoms with Gasteiger partial charge in [0, 0.05) is 32.2 Å². The van der Waals surface area contributed by atoms with Crippen LogP contribution in [0.1, 0.15) is 24.4 Å². The zero-order chi connectivity index (χ0) is 16.2. The van der Waals surface area contributed by atoms with Crippen molar-refractivity contribution < 1.29 is 14.4 Å². The van der Waals surface area contributed by atoms with Gasteiger partial charge in [-0.1, -0.05) is 6.08 Å². The van der Waals surface area contributed by atoms with Gasteiger partial charge in [0.1, 0.15) is 0 Å². The fourth-order valence-electron chi connectivity index (χ4n) is 3.18. The summed E-state index contributed by atoms with van der Waals surface area (Å²) in [5, 5.41) is 14.9. The van der Waals surface area contributed by atoms with E-state index in [1.165, 1.54) is 6.07 Å². The number of benzene rings is 1. The van der Waals surface area contributed by atoms with Gasteiger partial charge < -0.3 is 14.8 Å². The molecule has 0 spiro atoms. The number of nitrogens with one attached hydrogen (secondary N) is 1. The van der Waals surface area contributed by atoms with Gasteiger partial charge in [0.15, 0.2) is 11.5 Å². The number of hydrogen-bond donors (Lipinski definition) is 1. The average Bonchev–Trinajstić information content (AvgIpc) is 3.02. The molecular weight excluding hydrogens is 298 g/mol. The van der Waals surface area contributed by atoms with Crippen molar-refractivity contribution in [1.29, 1.82) is 0 Å². The highest BCUT2D eigenvalue weighted by Gasteiger charge is 2.31. The topological polar surface area (TPSA) is 76.9 Å². The Kier molecular flexibility index (Phi) is 4.78. The molecule has 1 atom stereocenters. The molecule has 1 aromatic carbocycles. The Hall–Kier alpha value is -2.12. The number of hydrogen-bond acceptors (Lipinski definition) is 6. The van der Waals surface area contributed by atoms with E-state index < -0.39 is 0 Å². The van der Waals surface area contributed by atoms with Gasteiger partial charge in [-0.25, -0.2) is 0 Å². The molecule has 2 heterocycles. The Morgan fingerprint density at radius 2 is 2.04 bits per heavy atom. The van der Waals surface area contributed by atoms with Crippen molar-refractivity contribution in [3.05, 3.63) is 40.5 Å². The van der Waals surface area contributed by atoms with E-state index in [4.69, 9.17) is 9.47 Å². The van der Waals surface area contributed by atoms with Crippen molar-refractivity contribution in [2.24, 2.45) is 0 Å². The number of nitro groups is 1. The highest BCUT2D eigenvalue weighted by molar-refractivity contribution is 5.56. The highest BCUT2D eigenvalue weighted by atomic mass is 16.7. The van der Waals surface area contributed by atoms with Crippen molar-refractivity contribution >= 4 is 5.69 Å². The molecular formula is C16H21N3O4. The van der Waals surface area contributed by atoms with E-state index in [1.54, 1.807) is 6.07 Å². The molecule has 1 fully saturated rings. The molecule has 23 heavy (non-hydrogen) atoms. The van der Waals surface area contributed by atoms with E-state index in [1.807, 2.05) is 6.08 Å². The SMILES string of the molecule is C=CCC[C@H](c1cc2c(cc1[N+](=O)[O-])OCO2)N1CCNCC1. The second-order valence-electron chi connectivity index (χ2n) is 5.69. The highest BCUT2D eigenvalue weighted by Crippen LogP contribution is 2.42. The van der Waals surface area contributed by atoms with Crippen LogP contribution in [0.2, 0.25) is 0 Å². The summed E-state index contributed by atoms with van der Waals surface area (Å²) in [6.45, 7) is 7.41. The summed E-state index contributed by atoms with van der Waals surface area (Å²) in [7, 11) is 0. The lowest BCUT2D eigenvalue weighted by Crippen LogP contribution is -2.45. The van der Waals surface area contributed by atoms with Gasteiger partial charge in [0.2, 0.25) is 6.79 Å². The maximum absolute atomic E-state index is 11.5. The van der Waals surface area contributed by atoms with Gasteiger partial charge in [0.05, 0.1) is 16.6 Å². The van der Waals surface area contributed by atoms with Crippen molar-refractivity contribution in [3.63, 3.8) is 0 Å². The summed E-state index contributed by atoms with van der Waals surface area (Å²) in [6, 6.07) is 3.24. The normalized spacial score (nSPS) is 18.6. The van der Waals surface area contributed by atoms with Gasteiger partial charge >= 0.3 is 0 Å². The summed E-state index contributed by atoms with van der Waals surface area (Å²) < 4.78 is 10.7. The number of rotatable bonds is 6. The van der Waals surface area contributed by atoms with Crippen LogP contribution in [0.25, 0.3) is 0 Å². The number of nitro benzene ring substituents is 1. The molecule has 0 bridgehead atoms. The molecule has 0 saturated carbocycles. The second-order valence-corrected chi connectivity index (χ2v) is 5.69. The lowest BCUT2D eigenvalue weighted by atomic mass is 9.97. The van der Waals surface area contributed by atoms with E-state index in [2.05, 4.69) is 16.8 Å². The Morgan fingerprint density at radius 1 is 1.35 bits per heavy atom. The van der Waals surface area contributed by atoms with Crippen LogP contribution in [-0.2, 0) is 0 Å². The van der Waals surface area contributed by atoms with Crippen molar-refractivity contribution in [1.82, 2.24) is 10.2 Å². The first-order chi connectivity index (χ1) is 11.2. The molecule has 3 rings (SSSR count). The minimum Gasteiger partial charge on any atom is -0.454 e. The first kappa shape index (κ1) is 15.8. The van der Waals surface area contributed by atoms with Crippen LogP contribution in [0.15, 0.2) is 24.8 Å². The smallest absolute Gasteiger partial charge is 0.278 e. The quantitative estimate of drug-likeness (QED) is 0.492. The zero-order valence-corrected chi connectivity index (χ0v) is 13.0. The van der Waals surface area contributed by atoms with Crippen molar-refractivity contribution in [3.8, 4) is 11.5 Å². The maximum atomic E-state index is 11.5. The minimum atomic E-state index is -0.333. The first-order valence-corrected chi connectivity index (χ1v) is 7.84. The molecule has 0 radical (unpaired) electrons. The summed E-state index contributed by atoms with van der Waals surface area (Å²) in [5.41, 5.74) is 0.796. The zero-order valence-electron chi connectivity index (χ0n) is 13.0. The average molecular weight is 319 g/mol. The molecule has 7 heteroatoms. The van der Waals surface area contributed by atoms with Crippen LogP contribution in [0, 0.1) is 10.1 Å². The third-order valence-corrected chi connectivity index (χ3v) is 4.31. The van der Waals surface area contributed by atoms with E-state index >= 15 is 0 Å². The first-order valence-electron chi connectivity index (χ1n) is 7.84. The fourth-order valence-corrected chi connectivity index (χ4v) is 3.18. The molecule has 124 valence electrons. The number of fused-ring (bicyclic) bond motifs is 1. The molecule has 1 N–H and O–H groups in total. The van der Waals surface area contributed by atoms with E-state index in [0.29, 0.717) is 17.1 Å². The standard InChI is InChI=1S/C16H21N3O4/c1-2-3-4-13(18-7-5-17-6-8-18)12-9-15-16(23-11-22-15)10-14(12)19(20)21/h2,9-10,13,17H,1,3-8,11H2/t13-/m1/s1. The number of ether oxygens (including phenoxy) is 2. The molecule has 7 nitrogen and oxygen atoms in total. The van der Waals surface area contributed by atoms with Gasteiger partial charge in [-0.05, 0) is 18.9 Å². The number of allylic oxidation sites excluding steroid dienone is 1. The lowest BCUT2D eigenvalue weighted by Gasteiger charge is -2.35. The third kappa shape index (κ3) is 3.30. The minimum absolute atomic E-state index is 0.0231. The van der Waals surface area contributed by atoms with Gasteiger partial charge in [0.25, 0.3) is 5.69 Å². The molecule has 0 aliphatic carbocycles. The Bertz CT molecular complexity index is 599. The summed E-state index contributed by atoms with van der Waals surface area (Å²) in [4.78, 5) is 13.5. The van der Waals surface area contributed by atoms with Crippen molar-refractivity contribution in [2.45, 2.75) is 18.9 Å². The largest absolute Gasteiger partial charge is 0.454 e. The molecule has 1 saturated heterocycles. The monoisotopic (exact) mass is 319 g/mol. The van der Waals surface area contributed by atoms with E-state index in [-0.39, 0.29) is 23.4 Å². The van der Waals surface area contributed by atoms with E-state index in [9.17, 15) is 10.1 Å². The number of nitrogens with zero attached hydrogens (tertiary/aromatic N) is 2. The predicted molar refractivity (Wildman–Crippen MR) is 85.8 cm³/mol. The van der Waals surface area contributed by atoms with Gasteiger partial charge in [-0.3, -0.25) is 15.0 Å². The molecule has 2 aliphatic rings. The summed E-state index contributed by atoms with van der Waals surface area (Å²) >= 11 is 0. The molecule has 2 aliphatic heterocycles. The lowest BCUT2D eigenvalue weighted by molar-refractivity contribution is -0.386. The molecule has 1 aromatic rings. The molecule has 0 aromatic heterocycles. The van der Waals surface area contributed by atoms with Gasteiger partial charge in [-0.2, -0.15) is 0 Å². The van der Waals surface area contributed by atoms with Crippen LogP contribution in [-0.4, -0.2) is 42.8 Å². The van der Waals surface area contributed by atoms with Crippen LogP contribution < -0.4 is 14.8 Å². The van der Waals surface area contributed by atoms with Crippen LogP contribution in [0.4, 0.5) is 5.69 Å². The van der Waals surface area contributed by atoms with E-state index in [0.717, 1.165) is 39.0 Å². The Morgan fingerprint density at radius 3 is 2.70 bits per heavy atom.